The molecular weight excluding hydrogens is 434 g/mol. The second kappa shape index (κ2) is 8.66. The first-order chi connectivity index (χ1) is 20.4. The van der Waals surface area contributed by atoms with Gasteiger partial charge in [0.15, 0.2) is 5.69 Å². The molecule has 9 nitrogen and oxygen atoms in total. The molecule has 2 N–H and O–H groups in total. The molecule has 0 unspecified atom stereocenters. The zero-order chi connectivity index (χ0) is 32.7. The molecule has 0 radical (unpaired) electrons. The normalized spacial score (nSPS) is 24.6. The zero-order valence-electron chi connectivity index (χ0n) is 27.9. The predicted octanol–water partition coefficient (Wildman–Crippen LogP) is 2.70. The van der Waals surface area contributed by atoms with E-state index in [1.807, 2.05) is 0 Å². The Morgan fingerprint density at radius 1 is 1.03 bits per heavy atom. The lowest BCUT2D eigenvalue weighted by atomic mass is 10.0. The molecule has 0 bridgehead atoms. The Labute approximate surface area is 210 Å². The van der Waals surface area contributed by atoms with Gasteiger partial charge in [-0.05, 0) is 67.6 Å². The van der Waals surface area contributed by atoms with Gasteiger partial charge in [0.2, 0.25) is 5.91 Å². The first-order valence-corrected chi connectivity index (χ1v) is 10.2. The van der Waals surface area contributed by atoms with Crippen LogP contribution in [0.15, 0.2) is 48.4 Å². The summed E-state index contributed by atoms with van der Waals surface area (Å²) in [5, 5.41) is 4.11. The Balaban J connectivity index is 1.72. The van der Waals surface area contributed by atoms with Crippen LogP contribution in [0, 0.1) is 0 Å². The standard InChI is InChI=1S/C25H25N5O4/c1-34-19-11-9-18(10-12-19)30-23-20(22(27-30)24(26)32)13-15-29(25(23)33)17-7-5-16(6-8-17)28-14-3-2-4-21(28)31/h5-12H,2-4,13-15H2,1H3,(H2,26,32)/i4D2,5D,6D,7D,8D,13D2,14D2. The van der Waals surface area contributed by atoms with Gasteiger partial charge in [-0.25, -0.2) is 4.68 Å². The largest absolute Gasteiger partial charge is 0.497 e. The smallest absolute Gasteiger partial charge is 0.277 e. The predicted molar refractivity (Wildman–Crippen MR) is 127 cm³/mol. The van der Waals surface area contributed by atoms with Gasteiger partial charge in [0.1, 0.15) is 11.4 Å². The molecule has 0 aliphatic carbocycles. The lowest BCUT2D eigenvalue weighted by Crippen LogP contribution is -2.39. The number of carbonyl (C=O) groups is 3. The highest BCUT2D eigenvalue weighted by atomic mass is 16.5. The Bertz CT molecular complexity index is 1710. The summed E-state index contributed by atoms with van der Waals surface area (Å²) in [7, 11) is 1.43. The van der Waals surface area contributed by atoms with Crippen molar-refractivity contribution in [3.8, 4) is 11.4 Å². The number of nitrogens with two attached hydrogens (primary N) is 1. The molecule has 34 heavy (non-hydrogen) atoms. The average Bonchev–Trinajstić information content (AvgIpc) is 3.38. The minimum Gasteiger partial charge on any atom is -0.497 e. The van der Waals surface area contributed by atoms with Gasteiger partial charge >= 0.3 is 0 Å². The Kier molecular flexibility index (Phi) is 3.29. The summed E-state index contributed by atoms with van der Waals surface area (Å²) in [6.45, 7) is -3.44. The molecule has 174 valence electrons. The number of methoxy groups -OCH3 is 1. The molecule has 1 aromatic heterocycles. The number of benzene rings is 2. The maximum absolute atomic E-state index is 14.1. The quantitative estimate of drug-likeness (QED) is 0.618. The van der Waals surface area contributed by atoms with Crippen molar-refractivity contribution in [2.24, 2.45) is 5.73 Å². The van der Waals surface area contributed by atoms with E-state index in [0.29, 0.717) is 10.6 Å². The lowest BCUT2D eigenvalue weighted by molar-refractivity contribution is -0.119. The van der Waals surface area contributed by atoms with Gasteiger partial charge < -0.3 is 20.3 Å². The number of fused-ring (bicyclic) bond motifs is 1. The van der Waals surface area contributed by atoms with Crippen LogP contribution in [0.2, 0.25) is 0 Å². The van der Waals surface area contributed by atoms with E-state index < -0.39 is 109 Å². The second-order valence-electron chi connectivity index (χ2n) is 7.29. The van der Waals surface area contributed by atoms with E-state index in [2.05, 4.69) is 5.10 Å². The van der Waals surface area contributed by atoms with Crippen molar-refractivity contribution < 1.29 is 32.8 Å². The molecular formula is C25H25N5O4. The molecule has 0 spiro atoms. The second-order valence-corrected chi connectivity index (χ2v) is 7.29. The van der Waals surface area contributed by atoms with Crippen molar-refractivity contribution >= 4 is 29.1 Å². The third-order valence-electron chi connectivity index (χ3n) is 5.26. The molecule has 0 atom stereocenters. The van der Waals surface area contributed by atoms with E-state index in [1.54, 1.807) is 0 Å². The van der Waals surface area contributed by atoms with Crippen LogP contribution >= 0.6 is 0 Å². The summed E-state index contributed by atoms with van der Waals surface area (Å²) in [5.74, 6) is -3.10. The number of anilines is 2. The van der Waals surface area contributed by atoms with Crippen molar-refractivity contribution in [3.05, 3.63) is 65.4 Å². The van der Waals surface area contributed by atoms with E-state index in [0.717, 1.165) is 4.68 Å². The van der Waals surface area contributed by atoms with Gasteiger partial charge in [-0.1, -0.05) is 0 Å². The zero-order valence-corrected chi connectivity index (χ0v) is 17.9. The van der Waals surface area contributed by atoms with E-state index in [-0.39, 0.29) is 10.6 Å². The van der Waals surface area contributed by atoms with Crippen LogP contribution in [0.3, 0.4) is 0 Å². The fraction of sp³-hybridized carbons (Fsp3) is 0.280. The summed E-state index contributed by atoms with van der Waals surface area (Å²) in [4.78, 5) is 40.3. The fourth-order valence-electron chi connectivity index (χ4n) is 3.62. The molecule has 3 heterocycles. The van der Waals surface area contributed by atoms with Crippen LogP contribution in [0.5, 0.6) is 5.75 Å². The third kappa shape index (κ3) is 3.68. The minimum absolute atomic E-state index is 0.204. The molecule has 0 saturated carbocycles. The van der Waals surface area contributed by atoms with Crippen molar-refractivity contribution in [2.45, 2.75) is 25.6 Å². The van der Waals surface area contributed by atoms with Gasteiger partial charge in [-0.3, -0.25) is 14.4 Å². The number of rotatable bonds is 5. The summed E-state index contributed by atoms with van der Waals surface area (Å²) in [6, 6.07) is 2.29. The lowest BCUT2D eigenvalue weighted by Gasteiger charge is -2.29. The first kappa shape index (κ1) is 12.9. The van der Waals surface area contributed by atoms with Gasteiger partial charge in [0, 0.05) is 44.6 Å². The monoisotopic (exact) mass is 469 g/mol. The molecule has 2 aromatic carbocycles. The van der Waals surface area contributed by atoms with Crippen molar-refractivity contribution in [2.75, 3.05) is 30.0 Å². The Hall–Kier alpha value is -4.14. The number of carbonyl (C=O) groups excluding carboxylic acids is 3. The SMILES string of the molecule is [2H]c1c([2H])c(N2C(=O)C([2H])([2H])CCC2([2H])[2H])c([2H])c([2H])c1N1CC([2H])([2H])c2c(C(N)=O)nn(-c3ccc(OC)cc3)c2C1=O. The minimum atomic E-state index is -2.56. The number of ether oxygens (including phenoxy) is 1. The van der Waals surface area contributed by atoms with Crippen LogP contribution < -0.4 is 20.3 Å². The summed E-state index contributed by atoms with van der Waals surface area (Å²) >= 11 is 0. The highest BCUT2D eigenvalue weighted by Crippen LogP contribution is 2.31. The number of amides is 3. The first-order valence-electron chi connectivity index (χ1n) is 15.2. The molecule has 3 amide bonds. The maximum atomic E-state index is 14.1. The van der Waals surface area contributed by atoms with Crippen molar-refractivity contribution in [3.63, 3.8) is 0 Å². The van der Waals surface area contributed by atoms with E-state index in [9.17, 15) is 14.4 Å². The van der Waals surface area contributed by atoms with Crippen LogP contribution in [0.4, 0.5) is 11.4 Å². The topological polar surface area (TPSA) is 111 Å². The van der Waals surface area contributed by atoms with Crippen LogP contribution in [-0.4, -0.2) is 47.7 Å². The molecule has 9 heteroatoms. The van der Waals surface area contributed by atoms with Crippen molar-refractivity contribution in [1.29, 1.82) is 0 Å². The molecule has 1 fully saturated rings. The molecule has 1 saturated heterocycles. The van der Waals surface area contributed by atoms with E-state index in [4.69, 9.17) is 24.2 Å². The number of piperidine rings is 1. The summed E-state index contributed by atoms with van der Waals surface area (Å²) in [6.07, 6.45) is -6.04. The molecule has 3 aromatic rings. The van der Waals surface area contributed by atoms with E-state index >= 15 is 0 Å². The molecule has 5 rings (SSSR count). The average molecular weight is 470 g/mol. The Morgan fingerprint density at radius 3 is 2.35 bits per heavy atom. The fourth-order valence-corrected chi connectivity index (χ4v) is 3.62. The van der Waals surface area contributed by atoms with Gasteiger partial charge in [-0.15, -0.1) is 0 Å². The van der Waals surface area contributed by atoms with Gasteiger partial charge in [0.05, 0.1) is 18.3 Å². The van der Waals surface area contributed by atoms with Gasteiger partial charge in [0.25, 0.3) is 11.8 Å². The highest BCUT2D eigenvalue weighted by molar-refractivity contribution is 6.09. The molecule has 2 aliphatic heterocycles. The number of hydrogen-bond acceptors (Lipinski definition) is 5. The van der Waals surface area contributed by atoms with Crippen LogP contribution in [0.1, 0.15) is 59.5 Å². The van der Waals surface area contributed by atoms with E-state index in [1.165, 1.54) is 31.4 Å². The van der Waals surface area contributed by atoms with Gasteiger partial charge in [-0.2, -0.15) is 5.10 Å². The number of primary amides is 1. The number of hydrogen-bond donors (Lipinski definition) is 1. The summed E-state index contributed by atoms with van der Waals surface area (Å²) in [5.41, 5.74) is 2.78. The number of nitrogens with zero attached hydrogens (tertiary/aromatic N) is 4. The maximum Gasteiger partial charge on any atom is 0.277 e. The highest BCUT2D eigenvalue weighted by Gasteiger charge is 2.34. The Morgan fingerprint density at radius 2 is 1.71 bits per heavy atom. The summed E-state index contributed by atoms with van der Waals surface area (Å²) < 4.78 is 90.8. The van der Waals surface area contributed by atoms with Crippen molar-refractivity contribution in [1.82, 2.24) is 9.78 Å². The van der Waals surface area contributed by atoms with Crippen LogP contribution in [0.25, 0.3) is 5.69 Å². The number of aromatic nitrogens is 2. The molecule has 2 aliphatic rings. The van der Waals surface area contributed by atoms with Crippen LogP contribution in [-0.2, 0) is 11.2 Å². The third-order valence-corrected chi connectivity index (χ3v) is 5.26.